The lowest BCUT2D eigenvalue weighted by atomic mass is 10.1. The molecule has 0 aliphatic rings. The minimum absolute atomic E-state index is 0.185. The molecular formula is C21H30N4O4. The molecule has 0 fully saturated rings. The van der Waals surface area contributed by atoms with E-state index >= 15 is 0 Å². The number of aryl methyl sites for hydroxylation is 1. The molecule has 1 aromatic carbocycles. The molecule has 0 saturated carbocycles. The van der Waals surface area contributed by atoms with E-state index in [1.54, 1.807) is 32.9 Å². The smallest absolute Gasteiger partial charge is 0.407 e. The highest BCUT2D eigenvalue weighted by Gasteiger charge is 2.16. The lowest BCUT2D eigenvalue weighted by Gasteiger charge is -2.19. The normalized spacial score (nSPS) is 12.4. The Labute approximate surface area is 170 Å². The van der Waals surface area contributed by atoms with Gasteiger partial charge in [0.05, 0.1) is 11.6 Å². The number of carbonyl (C=O) groups is 2. The number of aromatic amines is 1. The first-order valence-electron chi connectivity index (χ1n) is 9.72. The quantitative estimate of drug-likeness (QED) is 0.530. The van der Waals surface area contributed by atoms with Crippen molar-refractivity contribution in [1.29, 1.82) is 0 Å². The summed E-state index contributed by atoms with van der Waals surface area (Å²) >= 11 is 0. The van der Waals surface area contributed by atoms with Crippen LogP contribution in [0.4, 0.5) is 10.5 Å². The van der Waals surface area contributed by atoms with E-state index in [9.17, 15) is 14.4 Å². The van der Waals surface area contributed by atoms with E-state index in [2.05, 4.69) is 15.6 Å². The van der Waals surface area contributed by atoms with Crippen LogP contribution in [0.3, 0.4) is 0 Å². The Morgan fingerprint density at radius 3 is 2.62 bits per heavy atom. The van der Waals surface area contributed by atoms with Crippen molar-refractivity contribution in [2.75, 3.05) is 11.9 Å². The molecule has 0 aliphatic heterocycles. The summed E-state index contributed by atoms with van der Waals surface area (Å²) in [6.07, 6.45) is 1.42. The Balaban J connectivity index is 1.78. The second-order valence-electron chi connectivity index (χ2n) is 8.10. The first-order valence-corrected chi connectivity index (χ1v) is 9.72. The van der Waals surface area contributed by atoms with Gasteiger partial charge in [-0.05, 0) is 64.7 Å². The van der Waals surface area contributed by atoms with E-state index in [0.717, 1.165) is 10.9 Å². The van der Waals surface area contributed by atoms with Gasteiger partial charge in [0.2, 0.25) is 11.5 Å². The molecular weight excluding hydrogens is 372 g/mol. The van der Waals surface area contributed by atoms with Crippen molar-refractivity contribution < 1.29 is 14.3 Å². The van der Waals surface area contributed by atoms with Gasteiger partial charge in [-0.1, -0.05) is 6.07 Å². The van der Waals surface area contributed by atoms with Crippen molar-refractivity contribution in [2.24, 2.45) is 5.73 Å². The summed E-state index contributed by atoms with van der Waals surface area (Å²) in [4.78, 5) is 38.3. The number of pyridine rings is 1. The summed E-state index contributed by atoms with van der Waals surface area (Å²) in [6, 6.07) is 6.23. The molecule has 8 heteroatoms. The first kappa shape index (κ1) is 22.4. The number of anilines is 1. The van der Waals surface area contributed by atoms with Crippen LogP contribution in [-0.4, -0.2) is 35.2 Å². The van der Waals surface area contributed by atoms with Crippen LogP contribution < -0.4 is 21.9 Å². The third-order valence-electron chi connectivity index (χ3n) is 4.26. The summed E-state index contributed by atoms with van der Waals surface area (Å²) in [5.74, 6) is -0.292. The Hall–Kier alpha value is -2.87. The molecule has 1 aromatic heterocycles. The van der Waals surface area contributed by atoms with Crippen LogP contribution in [0.25, 0.3) is 10.9 Å². The number of rotatable bonds is 7. The van der Waals surface area contributed by atoms with E-state index in [4.69, 9.17) is 10.5 Å². The number of carbonyl (C=O) groups excluding carboxylic acids is 2. The third-order valence-corrected chi connectivity index (χ3v) is 4.26. The largest absolute Gasteiger partial charge is 0.444 e. The first-order chi connectivity index (χ1) is 13.5. The van der Waals surface area contributed by atoms with Gasteiger partial charge in [0.15, 0.2) is 0 Å². The summed E-state index contributed by atoms with van der Waals surface area (Å²) in [5, 5.41) is 6.38. The van der Waals surface area contributed by atoms with Gasteiger partial charge in [0, 0.05) is 23.7 Å². The van der Waals surface area contributed by atoms with Crippen molar-refractivity contribution in [2.45, 2.75) is 58.6 Å². The van der Waals surface area contributed by atoms with E-state index in [-0.39, 0.29) is 11.5 Å². The van der Waals surface area contributed by atoms with Gasteiger partial charge in [-0.25, -0.2) is 4.79 Å². The van der Waals surface area contributed by atoms with Gasteiger partial charge in [-0.15, -0.1) is 0 Å². The molecule has 1 heterocycles. The van der Waals surface area contributed by atoms with Crippen molar-refractivity contribution >= 4 is 28.6 Å². The van der Waals surface area contributed by atoms with Crippen LogP contribution in [0.1, 0.15) is 45.6 Å². The maximum atomic E-state index is 12.3. The minimum Gasteiger partial charge on any atom is -0.444 e. The predicted molar refractivity (Wildman–Crippen MR) is 114 cm³/mol. The van der Waals surface area contributed by atoms with Crippen molar-refractivity contribution in [1.82, 2.24) is 10.3 Å². The number of ether oxygens (including phenoxy) is 1. The molecule has 8 nitrogen and oxygen atoms in total. The average molecular weight is 402 g/mol. The van der Waals surface area contributed by atoms with Crippen molar-refractivity contribution in [3.63, 3.8) is 0 Å². The molecule has 0 bridgehead atoms. The van der Waals surface area contributed by atoms with E-state index in [1.807, 2.05) is 13.0 Å². The maximum absolute atomic E-state index is 12.3. The zero-order valence-corrected chi connectivity index (χ0v) is 17.4. The number of nitrogens with two attached hydrogens (primary N) is 1. The number of hydrogen-bond acceptors (Lipinski definition) is 5. The fourth-order valence-corrected chi connectivity index (χ4v) is 2.87. The van der Waals surface area contributed by atoms with Gasteiger partial charge in [-0.3, -0.25) is 9.59 Å². The molecule has 0 spiro atoms. The highest BCUT2D eigenvalue weighted by molar-refractivity contribution is 5.96. The molecule has 2 aromatic rings. The molecule has 5 N–H and O–H groups in total. The molecule has 29 heavy (non-hydrogen) atoms. The second-order valence-corrected chi connectivity index (χ2v) is 8.10. The number of nitrogens with one attached hydrogen (secondary N) is 3. The lowest BCUT2D eigenvalue weighted by molar-refractivity contribution is -0.117. The Bertz CT molecular complexity index is 930. The molecule has 158 valence electrons. The van der Waals surface area contributed by atoms with Gasteiger partial charge >= 0.3 is 6.09 Å². The minimum atomic E-state index is -0.663. The second kappa shape index (κ2) is 9.56. The number of H-pyrrole nitrogens is 1. The van der Waals surface area contributed by atoms with Crippen molar-refractivity contribution in [3.8, 4) is 0 Å². The number of unbranched alkanes of at least 4 members (excludes halogenated alkanes) is 1. The standard InChI is InChI=1S/C21H30N4O4/c1-13-11-18(26)25-17-12-14(8-9-15(13)17)24-19(27)16(22)7-5-6-10-23-20(28)29-21(2,3)4/h8-9,11-12,16H,5-7,10,22H2,1-4H3,(H,23,28)(H,24,27)(H,25,26)/t16-/m0/s1. The van der Waals surface area contributed by atoms with Crippen molar-refractivity contribution in [3.05, 3.63) is 40.2 Å². The van der Waals surface area contributed by atoms with Crippen LogP contribution in [0.15, 0.2) is 29.1 Å². The zero-order valence-electron chi connectivity index (χ0n) is 17.4. The van der Waals surface area contributed by atoms with Gasteiger partial charge in [-0.2, -0.15) is 0 Å². The Morgan fingerprint density at radius 2 is 1.93 bits per heavy atom. The molecule has 0 saturated heterocycles. The van der Waals surface area contributed by atoms with Gasteiger partial charge < -0.3 is 26.1 Å². The molecule has 2 amide bonds. The number of hydrogen-bond donors (Lipinski definition) is 4. The highest BCUT2D eigenvalue weighted by atomic mass is 16.6. The summed E-state index contributed by atoms with van der Waals surface area (Å²) < 4.78 is 5.15. The van der Waals surface area contributed by atoms with E-state index in [1.165, 1.54) is 6.07 Å². The molecule has 0 aliphatic carbocycles. The summed E-state index contributed by atoms with van der Waals surface area (Å²) in [5.41, 5.74) is 7.37. The predicted octanol–water partition coefficient (Wildman–Crippen LogP) is 2.80. The number of aromatic nitrogens is 1. The number of benzene rings is 1. The fourth-order valence-electron chi connectivity index (χ4n) is 2.87. The van der Waals surface area contributed by atoms with Gasteiger partial charge in [0.1, 0.15) is 5.60 Å². The van der Waals surface area contributed by atoms with E-state index in [0.29, 0.717) is 37.0 Å². The third kappa shape index (κ3) is 7.23. The number of fused-ring (bicyclic) bond motifs is 1. The van der Waals surface area contributed by atoms with E-state index < -0.39 is 17.7 Å². The van der Waals surface area contributed by atoms with Crippen LogP contribution in [0.5, 0.6) is 0 Å². The average Bonchev–Trinajstić information content (AvgIpc) is 2.59. The lowest BCUT2D eigenvalue weighted by Crippen LogP contribution is -2.36. The summed E-state index contributed by atoms with van der Waals surface area (Å²) in [7, 11) is 0. The van der Waals surface area contributed by atoms with Gasteiger partial charge in [0.25, 0.3) is 0 Å². The number of amides is 2. The highest BCUT2D eigenvalue weighted by Crippen LogP contribution is 2.19. The van der Waals surface area contributed by atoms with Crippen LogP contribution in [0.2, 0.25) is 0 Å². The maximum Gasteiger partial charge on any atom is 0.407 e. The Morgan fingerprint density at radius 1 is 1.21 bits per heavy atom. The molecule has 0 unspecified atom stereocenters. The molecule has 0 radical (unpaired) electrons. The monoisotopic (exact) mass is 402 g/mol. The van der Waals surface area contributed by atoms with Crippen LogP contribution in [-0.2, 0) is 9.53 Å². The number of alkyl carbamates (subject to hydrolysis) is 1. The molecule has 1 atom stereocenters. The molecule has 2 rings (SSSR count). The SMILES string of the molecule is Cc1cc(=O)[nH]c2cc(NC(=O)[C@@H](N)CCCCNC(=O)OC(C)(C)C)ccc12. The summed E-state index contributed by atoms with van der Waals surface area (Å²) in [6.45, 7) is 7.74. The Kier molecular flexibility index (Phi) is 7.39. The topological polar surface area (TPSA) is 126 Å². The zero-order chi connectivity index (χ0) is 21.6. The fraction of sp³-hybridized carbons (Fsp3) is 0.476. The van der Waals surface area contributed by atoms with Crippen LogP contribution in [0, 0.1) is 6.92 Å². The van der Waals surface area contributed by atoms with Crippen LogP contribution >= 0.6 is 0 Å².